The second kappa shape index (κ2) is 4.87. The van der Waals surface area contributed by atoms with Crippen LogP contribution in [0.15, 0.2) is 46.6 Å². The predicted octanol–water partition coefficient (Wildman–Crippen LogP) is 4.13. The van der Waals surface area contributed by atoms with Crippen LogP contribution in [0.4, 0.5) is 11.4 Å². The molecule has 0 heterocycles. The molecule has 0 unspecified atom stereocenters. The van der Waals surface area contributed by atoms with E-state index < -0.39 is 0 Å². The Kier molecular flexibility index (Phi) is 3.28. The van der Waals surface area contributed by atoms with Gasteiger partial charge < -0.3 is 10.2 Å². The largest absolute Gasteiger partial charge is 0.508 e. The van der Waals surface area contributed by atoms with Crippen LogP contribution < -0.4 is 0 Å². The van der Waals surface area contributed by atoms with Gasteiger partial charge in [0, 0.05) is 0 Å². The molecular formula is C14H14N2O2. The molecular weight excluding hydrogens is 228 g/mol. The standard InChI is InChI=1S/C14H14N2O2/c1-9-7-11(17)3-5-13(9)15-16-14-6-4-12(18)8-10(14)2/h3-8,17-18H,1-2H3. The van der Waals surface area contributed by atoms with E-state index in [1.807, 2.05) is 13.8 Å². The van der Waals surface area contributed by atoms with Crippen LogP contribution in [0.2, 0.25) is 0 Å². The normalized spacial score (nSPS) is 11.0. The SMILES string of the molecule is Cc1cc(O)ccc1N=Nc1ccc(O)cc1C. The summed E-state index contributed by atoms with van der Waals surface area (Å²) in [5.41, 5.74) is 3.13. The van der Waals surface area contributed by atoms with Gasteiger partial charge in [0.25, 0.3) is 0 Å². The molecule has 0 saturated carbocycles. The van der Waals surface area contributed by atoms with Crippen LogP contribution >= 0.6 is 0 Å². The number of rotatable bonds is 2. The molecule has 4 heteroatoms. The van der Waals surface area contributed by atoms with Crippen LogP contribution in [-0.4, -0.2) is 10.2 Å². The highest BCUT2D eigenvalue weighted by Gasteiger charge is 2.00. The van der Waals surface area contributed by atoms with Gasteiger partial charge in [-0.05, 0) is 61.4 Å². The third kappa shape index (κ3) is 2.66. The highest BCUT2D eigenvalue weighted by molar-refractivity contribution is 5.51. The maximum absolute atomic E-state index is 9.30. The van der Waals surface area contributed by atoms with Gasteiger partial charge in [0.1, 0.15) is 11.5 Å². The van der Waals surface area contributed by atoms with Gasteiger partial charge >= 0.3 is 0 Å². The van der Waals surface area contributed by atoms with Gasteiger partial charge in [0.15, 0.2) is 0 Å². The third-order valence-electron chi connectivity index (χ3n) is 2.63. The molecule has 0 atom stereocenters. The molecule has 0 fully saturated rings. The van der Waals surface area contributed by atoms with E-state index in [2.05, 4.69) is 10.2 Å². The number of nitrogens with zero attached hydrogens (tertiary/aromatic N) is 2. The Morgan fingerprint density at radius 1 is 0.722 bits per heavy atom. The Morgan fingerprint density at radius 3 is 1.44 bits per heavy atom. The summed E-state index contributed by atoms with van der Waals surface area (Å²) in [4.78, 5) is 0. The molecule has 18 heavy (non-hydrogen) atoms. The molecule has 0 aliphatic carbocycles. The van der Waals surface area contributed by atoms with Crippen molar-refractivity contribution in [1.82, 2.24) is 0 Å². The molecule has 0 aliphatic rings. The van der Waals surface area contributed by atoms with E-state index in [1.54, 1.807) is 36.4 Å². The van der Waals surface area contributed by atoms with E-state index in [4.69, 9.17) is 0 Å². The van der Waals surface area contributed by atoms with Gasteiger partial charge in [-0.25, -0.2) is 0 Å². The second-order valence-corrected chi connectivity index (χ2v) is 4.14. The molecule has 0 bridgehead atoms. The lowest BCUT2D eigenvalue weighted by Gasteiger charge is -2.01. The zero-order chi connectivity index (χ0) is 13.1. The third-order valence-corrected chi connectivity index (χ3v) is 2.63. The topological polar surface area (TPSA) is 65.2 Å². The second-order valence-electron chi connectivity index (χ2n) is 4.14. The predicted molar refractivity (Wildman–Crippen MR) is 69.9 cm³/mol. The van der Waals surface area contributed by atoms with Crippen molar-refractivity contribution in [2.75, 3.05) is 0 Å². The summed E-state index contributed by atoms with van der Waals surface area (Å²) in [5, 5.41) is 26.9. The minimum Gasteiger partial charge on any atom is -0.508 e. The molecule has 2 aromatic rings. The van der Waals surface area contributed by atoms with Gasteiger partial charge in [0.05, 0.1) is 11.4 Å². The first-order valence-electron chi connectivity index (χ1n) is 5.57. The van der Waals surface area contributed by atoms with Crippen molar-refractivity contribution in [3.05, 3.63) is 47.5 Å². The van der Waals surface area contributed by atoms with Crippen molar-refractivity contribution in [1.29, 1.82) is 0 Å². The average molecular weight is 242 g/mol. The number of hydrogen-bond acceptors (Lipinski definition) is 4. The number of aryl methyl sites for hydroxylation is 2. The average Bonchev–Trinajstić information content (AvgIpc) is 2.30. The fourth-order valence-electron chi connectivity index (χ4n) is 1.61. The van der Waals surface area contributed by atoms with Gasteiger partial charge in [-0.15, -0.1) is 0 Å². The van der Waals surface area contributed by atoms with Gasteiger partial charge in [-0.1, -0.05) is 0 Å². The first-order chi connectivity index (χ1) is 8.56. The number of azo groups is 1. The van der Waals surface area contributed by atoms with Crippen LogP contribution in [0.5, 0.6) is 11.5 Å². The Balaban J connectivity index is 2.30. The van der Waals surface area contributed by atoms with Crippen molar-refractivity contribution in [3.8, 4) is 11.5 Å². The van der Waals surface area contributed by atoms with Crippen LogP contribution in [0.1, 0.15) is 11.1 Å². The highest BCUT2D eigenvalue weighted by atomic mass is 16.3. The van der Waals surface area contributed by atoms with Crippen molar-refractivity contribution < 1.29 is 10.2 Å². The van der Waals surface area contributed by atoms with Gasteiger partial charge in [-0.3, -0.25) is 0 Å². The fraction of sp³-hybridized carbons (Fsp3) is 0.143. The van der Waals surface area contributed by atoms with Crippen molar-refractivity contribution in [2.24, 2.45) is 10.2 Å². The maximum Gasteiger partial charge on any atom is 0.115 e. The first kappa shape index (κ1) is 12.1. The van der Waals surface area contributed by atoms with Crippen molar-refractivity contribution in [2.45, 2.75) is 13.8 Å². The summed E-state index contributed by atoms with van der Waals surface area (Å²) in [7, 11) is 0. The van der Waals surface area contributed by atoms with E-state index in [1.165, 1.54) is 0 Å². The van der Waals surface area contributed by atoms with E-state index in [0.717, 1.165) is 11.1 Å². The number of phenols is 2. The molecule has 0 amide bonds. The minimum absolute atomic E-state index is 0.215. The molecule has 4 nitrogen and oxygen atoms in total. The zero-order valence-corrected chi connectivity index (χ0v) is 10.3. The summed E-state index contributed by atoms with van der Waals surface area (Å²) < 4.78 is 0. The number of benzene rings is 2. The van der Waals surface area contributed by atoms with Crippen molar-refractivity contribution in [3.63, 3.8) is 0 Å². The molecule has 0 saturated heterocycles. The summed E-state index contributed by atoms with van der Waals surface area (Å²) in [6, 6.07) is 9.85. The molecule has 0 radical (unpaired) electrons. The zero-order valence-electron chi connectivity index (χ0n) is 10.3. The molecule has 0 aromatic heterocycles. The number of hydrogen-bond donors (Lipinski definition) is 2. The van der Waals surface area contributed by atoms with Crippen LogP contribution in [0.25, 0.3) is 0 Å². The summed E-state index contributed by atoms with van der Waals surface area (Å²) in [6.45, 7) is 3.72. The molecule has 0 aliphatic heterocycles. The minimum atomic E-state index is 0.215. The van der Waals surface area contributed by atoms with Crippen LogP contribution in [0, 0.1) is 13.8 Å². The quantitative estimate of drug-likeness (QED) is 0.777. The smallest absolute Gasteiger partial charge is 0.115 e. The molecule has 2 rings (SSSR count). The summed E-state index contributed by atoms with van der Waals surface area (Å²) >= 11 is 0. The van der Waals surface area contributed by atoms with Crippen LogP contribution in [0.3, 0.4) is 0 Å². The van der Waals surface area contributed by atoms with Crippen LogP contribution in [-0.2, 0) is 0 Å². The Labute approximate surface area is 105 Å². The van der Waals surface area contributed by atoms with E-state index in [9.17, 15) is 10.2 Å². The van der Waals surface area contributed by atoms with E-state index in [0.29, 0.717) is 11.4 Å². The summed E-state index contributed by atoms with van der Waals surface area (Å²) in [6.07, 6.45) is 0. The Morgan fingerprint density at radius 2 is 1.11 bits per heavy atom. The Bertz CT molecular complexity index is 553. The van der Waals surface area contributed by atoms with E-state index >= 15 is 0 Å². The number of phenolic OH excluding ortho intramolecular Hbond substituents is 2. The van der Waals surface area contributed by atoms with E-state index in [-0.39, 0.29) is 11.5 Å². The molecule has 2 aromatic carbocycles. The number of aromatic hydroxyl groups is 2. The molecule has 92 valence electrons. The van der Waals surface area contributed by atoms with Crippen molar-refractivity contribution >= 4 is 11.4 Å². The lowest BCUT2D eigenvalue weighted by atomic mass is 10.2. The Hall–Kier alpha value is -2.36. The molecule has 0 spiro atoms. The lowest BCUT2D eigenvalue weighted by molar-refractivity contribution is 0.474. The lowest BCUT2D eigenvalue weighted by Crippen LogP contribution is -1.75. The maximum atomic E-state index is 9.30. The first-order valence-corrected chi connectivity index (χ1v) is 5.57. The highest BCUT2D eigenvalue weighted by Crippen LogP contribution is 2.27. The monoisotopic (exact) mass is 242 g/mol. The molecule has 2 N–H and O–H groups in total. The fourth-order valence-corrected chi connectivity index (χ4v) is 1.61. The summed E-state index contributed by atoms with van der Waals surface area (Å²) in [5.74, 6) is 0.430. The van der Waals surface area contributed by atoms with Gasteiger partial charge in [-0.2, -0.15) is 10.2 Å². The van der Waals surface area contributed by atoms with Gasteiger partial charge in [0.2, 0.25) is 0 Å².